The third kappa shape index (κ3) is 4.56. The summed E-state index contributed by atoms with van der Waals surface area (Å²) in [5.74, 6) is 0.183. The van der Waals surface area contributed by atoms with Gasteiger partial charge >= 0.3 is 0 Å². The summed E-state index contributed by atoms with van der Waals surface area (Å²) in [6, 6.07) is 7.53. The lowest BCUT2D eigenvalue weighted by Gasteiger charge is -2.26. The molecule has 6 nitrogen and oxygen atoms in total. The Morgan fingerprint density at radius 3 is 2.75 bits per heavy atom. The fourth-order valence-electron chi connectivity index (χ4n) is 2.59. The molecule has 2 aromatic rings. The first kappa shape index (κ1) is 17.0. The molecule has 0 saturated carbocycles. The Hall–Kier alpha value is -1.89. The second-order valence-electron chi connectivity index (χ2n) is 5.69. The number of rotatable bonds is 6. The van der Waals surface area contributed by atoms with Gasteiger partial charge in [0.1, 0.15) is 0 Å². The normalized spacial score (nSPS) is 14.8. The van der Waals surface area contributed by atoms with Gasteiger partial charge in [0.05, 0.1) is 25.1 Å². The highest BCUT2D eigenvalue weighted by molar-refractivity contribution is 6.30. The predicted octanol–water partition coefficient (Wildman–Crippen LogP) is 1.86. The van der Waals surface area contributed by atoms with Crippen molar-refractivity contribution in [3.8, 4) is 5.69 Å². The number of benzene rings is 1. The van der Waals surface area contributed by atoms with Gasteiger partial charge in [0.25, 0.3) is 0 Å². The molecule has 1 aliphatic rings. The van der Waals surface area contributed by atoms with Gasteiger partial charge in [-0.3, -0.25) is 4.79 Å². The predicted molar refractivity (Wildman–Crippen MR) is 92.3 cm³/mol. The summed E-state index contributed by atoms with van der Waals surface area (Å²) in [5.41, 5.74) is 2.04. The molecule has 128 valence electrons. The maximum absolute atomic E-state index is 12.0. The van der Waals surface area contributed by atoms with E-state index in [-0.39, 0.29) is 5.91 Å². The molecule has 1 aromatic carbocycles. The number of nitrogens with one attached hydrogen (secondary N) is 1. The van der Waals surface area contributed by atoms with Gasteiger partial charge in [-0.1, -0.05) is 11.6 Å². The highest BCUT2D eigenvalue weighted by atomic mass is 35.5. The molecule has 1 fully saturated rings. The van der Waals surface area contributed by atoms with Crippen molar-refractivity contribution in [1.82, 2.24) is 20.0 Å². The molecule has 1 N–H and O–H groups in total. The molecule has 24 heavy (non-hydrogen) atoms. The number of carbonyl (C=O) groups excluding carboxylic acids is 1. The molecule has 1 amide bonds. The van der Waals surface area contributed by atoms with Gasteiger partial charge in [0, 0.05) is 49.4 Å². The van der Waals surface area contributed by atoms with Crippen molar-refractivity contribution in [3.05, 3.63) is 47.2 Å². The van der Waals surface area contributed by atoms with Crippen LogP contribution >= 0.6 is 11.6 Å². The van der Waals surface area contributed by atoms with Crippen molar-refractivity contribution in [1.29, 1.82) is 0 Å². The lowest BCUT2D eigenvalue weighted by Crippen LogP contribution is -2.41. The Kier molecular flexibility index (Phi) is 5.85. The number of morpholine rings is 1. The topological polar surface area (TPSA) is 59.4 Å². The second kappa shape index (κ2) is 8.28. The Labute approximate surface area is 146 Å². The van der Waals surface area contributed by atoms with Crippen molar-refractivity contribution >= 4 is 17.5 Å². The van der Waals surface area contributed by atoms with E-state index in [2.05, 4.69) is 10.4 Å². The van der Waals surface area contributed by atoms with E-state index < -0.39 is 0 Å². The molecule has 0 radical (unpaired) electrons. The van der Waals surface area contributed by atoms with Gasteiger partial charge in [0.2, 0.25) is 5.91 Å². The minimum Gasteiger partial charge on any atom is -0.378 e. The maximum atomic E-state index is 12.0. The zero-order valence-electron chi connectivity index (χ0n) is 13.4. The number of carbonyl (C=O) groups is 1. The molecule has 7 heteroatoms. The molecule has 1 aromatic heterocycles. The van der Waals surface area contributed by atoms with E-state index in [1.165, 1.54) is 0 Å². The molecule has 0 bridgehead atoms. The van der Waals surface area contributed by atoms with Crippen LogP contribution in [-0.2, 0) is 16.1 Å². The molecule has 3 rings (SSSR count). The van der Waals surface area contributed by atoms with Crippen LogP contribution in [0.15, 0.2) is 36.7 Å². The van der Waals surface area contributed by atoms with Crippen molar-refractivity contribution in [2.24, 2.45) is 0 Å². The highest BCUT2D eigenvalue weighted by Gasteiger charge is 2.15. The van der Waals surface area contributed by atoms with Crippen molar-refractivity contribution in [3.63, 3.8) is 0 Å². The quantitative estimate of drug-likeness (QED) is 0.810. The first-order chi connectivity index (χ1) is 11.7. The van der Waals surface area contributed by atoms with Crippen LogP contribution in [0.5, 0.6) is 0 Å². The molecule has 1 saturated heterocycles. The van der Waals surface area contributed by atoms with E-state index in [9.17, 15) is 4.79 Å². The minimum absolute atomic E-state index is 0.183. The monoisotopic (exact) mass is 348 g/mol. The third-order valence-corrected chi connectivity index (χ3v) is 4.19. The molecular formula is C17H21ClN4O2. The van der Waals surface area contributed by atoms with Crippen LogP contribution in [0.25, 0.3) is 5.69 Å². The van der Waals surface area contributed by atoms with Crippen LogP contribution in [0.4, 0.5) is 0 Å². The van der Waals surface area contributed by atoms with Crippen molar-refractivity contribution < 1.29 is 9.53 Å². The molecule has 1 aliphatic heterocycles. The summed E-state index contributed by atoms with van der Waals surface area (Å²) in [4.78, 5) is 13.9. The van der Waals surface area contributed by atoms with E-state index in [4.69, 9.17) is 16.3 Å². The summed E-state index contributed by atoms with van der Waals surface area (Å²) in [6.07, 6.45) is 4.30. The SMILES string of the molecule is O=C(CCNCc1cnn(-c2ccc(Cl)cc2)c1)N1CCOCC1. The summed E-state index contributed by atoms with van der Waals surface area (Å²) in [7, 11) is 0. The number of ether oxygens (including phenoxy) is 1. The Bertz CT molecular complexity index is 665. The van der Waals surface area contributed by atoms with Gasteiger partial charge in [0.15, 0.2) is 0 Å². The number of hydrogen-bond donors (Lipinski definition) is 1. The van der Waals surface area contributed by atoms with E-state index in [1.54, 1.807) is 0 Å². The van der Waals surface area contributed by atoms with Crippen molar-refractivity contribution in [2.45, 2.75) is 13.0 Å². The first-order valence-electron chi connectivity index (χ1n) is 8.08. The summed E-state index contributed by atoms with van der Waals surface area (Å²) in [5, 5.41) is 8.35. The Morgan fingerprint density at radius 1 is 1.25 bits per heavy atom. The summed E-state index contributed by atoms with van der Waals surface area (Å²) >= 11 is 5.89. The van der Waals surface area contributed by atoms with Gasteiger partial charge in [-0.05, 0) is 24.3 Å². The molecule has 0 unspecified atom stereocenters. The third-order valence-electron chi connectivity index (χ3n) is 3.94. The number of halogens is 1. The molecule has 0 spiro atoms. The van der Waals surface area contributed by atoms with E-state index in [0.717, 1.165) is 11.3 Å². The van der Waals surface area contributed by atoms with Crippen molar-refractivity contribution in [2.75, 3.05) is 32.8 Å². The molecular weight excluding hydrogens is 328 g/mol. The molecule has 0 atom stereocenters. The lowest BCUT2D eigenvalue weighted by molar-refractivity contribution is -0.135. The number of amides is 1. The zero-order valence-corrected chi connectivity index (χ0v) is 14.2. The first-order valence-corrected chi connectivity index (χ1v) is 8.46. The van der Waals surface area contributed by atoms with E-state index >= 15 is 0 Å². The van der Waals surface area contributed by atoms with Gasteiger partial charge in [-0.2, -0.15) is 5.10 Å². The van der Waals surface area contributed by atoms with Crippen LogP contribution < -0.4 is 5.32 Å². The summed E-state index contributed by atoms with van der Waals surface area (Å²) < 4.78 is 7.06. The van der Waals surface area contributed by atoms with Gasteiger partial charge < -0.3 is 15.0 Å². The van der Waals surface area contributed by atoms with Crippen LogP contribution in [0.3, 0.4) is 0 Å². The fourth-order valence-corrected chi connectivity index (χ4v) is 2.71. The van der Waals surface area contributed by atoms with Gasteiger partial charge in [-0.25, -0.2) is 4.68 Å². The highest BCUT2D eigenvalue weighted by Crippen LogP contribution is 2.13. The molecule has 0 aliphatic carbocycles. The maximum Gasteiger partial charge on any atom is 0.224 e. The largest absolute Gasteiger partial charge is 0.378 e. The Morgan fingerprint density at radius 2 is 2.00 bits per heavy atom. The van der Waals surface area contributed by atoms with E-state index in [1.807, 2.05) is 46.2 Å². The standard InChI is InChI=1S/C17H21ClN4O2/c18-15-1-3-16(4-2-15)22-13-14(12-20-22)11-19-6-5-17(23)21-7-9-24-10-8-21/h1-4,12-13,19H,5-11H2. The fraction of sp³-hybridized carbons (Fsp3) is 0.412. The number of hydrogen-bond acceptors (Lipinski definition) is 4. The van der Waals surface area contributed by atoms with Crippen LogP contribution in [0, 0.1) is 0 Å². The second-order valence-corrected chi connectivity index (χ2v) is 6.13. The molecule has 2 heterocycles. The zero-order chi connectivity index (χ0) is 16.8. The average Bonchev–Trinajstić information content (AvgIpc) is 3.09. The lowest BCUT2D eigenvalue weighted by atomic mass is 10.3. The average molecular weight is 349 g/mol. The number of aromatic nitrogens is 2. The van der Waals surface area contributed by atoms with E-state index in [0.29, 0.717) is 50.8 Å². The minimum atomic E-state index is 0.183. The van der Waals surface area contributed by atoms with Crippen LogP contribution in [0.2, 0.25) is 5.02 Å². The van der Waals surface area contributed by atoms with Gasteiger partial charge in [-0.15, -0.1) is 0 Å². The van der Waals surface area contributed by atoms with Crippen LogP contribution in [-0.4, -0.2) is 53.4 Å². The summed E-state index contributed by atoms with van der Waals surface area (Å²) in [6.45, 7) is 4.03. The number of nitrogens with zero attached hydrogens (tertiary/aromatic N) is 3. The smallest absolute Gasteiger partial charge is 0.224 e. The van der Waals surface area contributed by atoms with Crippen LogP contribution in [0.1, 0.15) is 12.0 Å². The Balaban J connectivity index is 1.42.